The number of nitrogens with one attached hydrogen (secondary N) is 2. The maximum Gasteiger partial charge on any atom is 0.223 e. The highest BCUT2D eigenvalue weighted by Gasteiger charge is 2.57. The Hall–Kier alpha value is -1.26. The van der Waals surface area contributed by atoms with Gasteiger partial charge in [-0.3, -0.25) is 4.79 Å². The lowest BCUT2D eigenvalue weighted by Crippen LogP contribution is -2.33. The molecule has 0 bridgehead atoms. The molecule has 5 heteroatoms. The van der Waals surface area contributed by atoms with E-state index in [1.54, 1.807) is 0 Å². The van der Waals surface area contributed by atoms with Crippen LogP contribution >= 0.6 is 12.4 Å². The smallest absolute Gasteiger partial charge is 0.223 e. The van der Waals surface area contributed by atoms with Gasteiger partial charge in [0.1, 0.15) is 5.75 Å². The summed E-state index contributed by atoms with van der Waals surface area (Å²) >= 11 is 0. The third kappa shape index (κ3) is 4.52. The van der Waals surface area contributed by atoms with Gasteiger partial charge in [0.2, 0.25) is 5.91 Å². The monoisotopic (exact) mass is 378 g/mol. The number of carbonyl (C=O) groups excluding carboxylic acids is 1. The Bertz CT molecular complexity index is 593. The minimum atomic E-state index is 0. The molecule has 1 unspecified atom stereocenters. The van der Waals surface area contributed by atoms with E-state index in [1.807, 2.05) is 12.1 Å². The van der Waals surface area contributed by atoms with Crippen molar-refractivity contribution in [3.05, 3.63) is 29.8 Å². The van der Waals surface area contributed by atoms with Crippen LogP contribution in [0.25, 0.3) is 0 Å². The summed E-state index contributed by atoms with van der Waals surface area (Å²) in [6.45, 7) is 2.74. The van der Waals surface area contributed by atoms with E-state index in [2.05, 4.69) is 22.8 Å². The third-order valence-electron chi connectivity index (χ3n) is 6.35. The van der Waals surface area contributed by atoms with E-state index in [0.717, 1.165) is 43.7 Å². The first-order valence-corrected chi connectivity index (χ1v) is 9.99. The summed E-state index contributed by atoms with van der Waals surface area (Å²) in [6.07, 6.45) is 10.0. The van der Waals surface area contributed by atoms with Crippen molar-refractivity contribution in [2.45, 2.75) is 64.0 Å². The highest BCUT2D eigenvalue weighted by molar-refractivity contribution is 5.85. The number of ether oxygens (including phenoxy) is 1. The van der Waals surface area contributed by atoms with Gasteiger partial charge in [0.25, 0.3) is 0 Å². The molecule has 1 aromatic carbocycles. The van der Waals surface area contributed by atoms with Crippen molar-refractivity contribution < 1.29 is 9.53 Å². The molecule has 3 fully saturated rings. The van der Waals surface area contributed by atoms with E-state index < -0.39 is 0 Å². The number of rotatable bonds is 5. The molecule has 0 aromatic heterocycles. The Kier molecular flexibility index (Phi) is 6.46. The number of hydrogen-bond acceptors (Lipinski definition) is 3. The van der Waals surface area contributed by atoms with Crippen LogP contribution in [0.3, 0.4) is 0 Å². The summed E-state index contributed by atoms with van der Waals surface area (Å²) in [5, 5.41) is 6.52. The van der Waals surface area contributed by atoms with Crippen molar-refractivity contribution in [2.75, 3.05) is 13.1 Å². The quantitative estimate of drug-likeness (QED) is 0.818. The van der Waals surface area contributed by atoms with Gasteiger partial charge in [-0.05, 0) is 81.1 Å². The molecule has 2 saturated carbocycles. The lowest BCUT2D eigenvalue weighted by Gasteiger charge is -2.23. The standard InChI is InChI=1S/C21H30N2O2.ClH/c24-20(19-14-21(19)10-12-22-13-11-21)23-15-16-6-8-18(9-7-16)25-17-4-2-1-3-5-17;/h6-9,17,19,22H,1-5,10-15H2,(H,23,24);1H. The van der Waals surface area contributed by atoms with Gasteiger partial charge in [-0.1, -0.05) is 18.6 Å². The van der Waals surface area contributed by atoms with Crippen LogP contribution in [0.15, 0.2) is 24.3 Å². The van der Waals surface area contributed by atoms with Crippen molar-refractivity contribution in [2.24, 2.45) is 11.3 Å². The molecule has 1 heterocycles. The fourth-order valence-corrected chi connectivity index (χ4v) is 4.57. The Labute approximate surface area is 162 Å². The molecule has 1 aliphatic heterocycles. The lowest BCUT2D eigenvalue weighted by atomic mass is 9.92. The van der Waals surface area contributed by atoms with Crippen LogP contribution in [0.4, 0.5) is 0 Å². The number of amides is 1. The van der Waals surface area contributed by atoms with Gasteiger partial charge in [-0.15, -0.1) is 12.4 Å². The predicted octanol–water partition coefficient (Wildman–Crippen LogP) is 3.83. The maximum atomic E-state index is 12.4. The molecule has 2 aliphatic carbocycles. The van der Waals surface area contributed by atoms with Crippen LogP contribution in [-0.4, -0.2) is 25.1 Å². The number of benzene rings is 1. The summed E-state index contributed by atoms with van der Waals surface area (Å²) in [6, 6.07) is 8.24. The fourth-order valence-electron chi connectivity index (χ4n) is 4.57. The minimum Gasteiger partial charge on any atom is -0.490 e. The summed E-state index contributed by atoms with van der Waals surface area (Å²) < 4.78 is 6.07. The molecule has 26 heavy (non-hydrogen) atoms. The van der Waals surface area contributed by atoms with E-state index in [1.165, 1.54) is 32.1 Å². The Morgan fingerprint density at radius 3 is 2.50 bits per heavy atom. The minimum absolute atomic E-state index is 0. The molecule has 1 amide bonds. The van der Waals surface area contributed by atoms with E-state index in [0.29, 0.717) is 18.1 Å². The van der Waals surface area contributed by atoms with E-state index in [-0.39, 0.29) is 24.2 Å². The molecular formula is C21H31ClN2O2. The molecule has 1 saturated heterocycles. The molecule has 144 valence electrons. The molecule has 1 atom stereocenters. The first-order valence-electron chi connectivity index (χ1n) is 9.99. The first-order chi connectivity index (χ1) is 12.3. The topological polar surface area (TPSA) is 50.4 Å². The Morgan fingerprint density at radius 1 is 1.12 bits per heavy atom. The Morgan fingerprint density at radius 2 is 1.81 bits per heavy atom. The zero-order valence-corrected chi connectivity index (χ0v) is 16.3. The zero-order valence-electron chi connectivity index (χ0n) is 15.5. The van der Waals surface area contributed by atoms with E-state index >= 15 is 0 Å². The SMILES string of the molecule is Cl.O=C(NCc1ccc(OC2CCCCC2)cc1)C1CC12CCNCC2. The zero-order chi connectivity index (χ0) is 17.1. The molecular weight excluding hydrogens is 348 g/mol. The van der Waals surface area contributed by atoms with Gasteiger partial charge in [0.05, 0.1) is 6.10 Å². The van der Waals surface area contributed by atoms with Gasteiger partial charge in [0.15, 0.2) is 0 Å². The van der Waals surface area contributed by atoms with Crippen LogP contribution < -0.4 is 15.4 Å². The van der Waals surface area contributed by atoms with Crippen molar-refractivity contribution in [1.29, 1.82) is 0 Å². The predicted molar refractivity (Wildman–Crippen MR) is 106 cm³/mol. The molecule has 2 N–H and O–H groups in total. The molecule has 1 spiro atoms. The summed E-state index contributed by atoms with van der Waals surface area (Å²) in [7, 11) is 0. The average Bonchev–Trinajstić information content (AvgIpc) is 3.35. The number of halogens is 1. The summed E-state index contributed by atoms with van der Waals surface area (Å²) in [5.74, 6) is 1.44. The largest absolute Gasteiger partial charge is 0.490 e. The van der Waals surface area contributed by atoms with E-state index in [9.17, 15) is 4.79 Å². The second-order valence-electron chi connectivity index (χ2n) is 8.11. The van der Waals surface area contributed by atoms with Gasteiger partial charge in [-0.25, -0.2) is 0 Å². The molecule has 4 nitrogen and oxygen atoms in total. The number of piperidine rings is 1. The Balaban J connectivity index is 0.00000196. The van der Waals surface area contributed by atoms with Crippen molar-refractivity contribution in [1.82, 2.24) is 10.6 Å². The summed E-state index contributed by atoms with van der Waals surface area (Å²) in [4.78, 5) is 12.4. The van der Waals surface area contributed by atoms with Crippen molar-refractivity contribution in [3.8, 4) is 5.75 Å². The first kappa shape index (κ1) is 19.5. The van der Waals surface area contributed by atoms with Gasteiger partial charge in [0, 0.05) is 12.5 Å². The van der Waals surface area contributed by atoms with Crippen LogP contribution in [0.5, 0.6) is 5.75 Å². The second kappa shape index (κ2) is 8.62. The molecule has 3 aliphatic rings. The number of hydrogen-bond donors (Lipinski definition) is 2. The normalized spacial score (nSPS) is 24.5. The van der Waals surface area contributed by atoms with Crippen LogP contribution in [0, 0.1) is 11.3 Å². The average molecular weight is 379 g/mol. The van der Waals surface area contributed by atoms with Crippen LogP contribution in [-0.2, 0) is 11.3 Å². The third-order valence-corrected chi connectivity index (χ3v) is 6.35. The summed E-state index contributed by atoms with van der Waals surface area (Å²) in [5.41, 5.74) is 1.46. The van der Waals surface area contributed by atoms with Crippen molar-refractivity contribution >= 4 is 18.3 Å². The maximum absolute atomic E-state index is 12.4. The fraction of sp³-hybridized carbons (Fsp3) is 0.667. The molecule has 4 rings (SSSR count). The van der Waals surface area contributed by atoms with Gasteiger partial charge in [-0.2, -0.15) is 0 Å². The van der Waals surface area contributed by atoms with Gasteiger partial charge < -0.3 is 15.4 Å². The van der Waals surface area contributed by atoms with Gasteiger partial charge >= 0.3 is 0 Å². The second-order valence-corrected chi connectivity index (χ2v) is 8.11. The molecule has 1 aromatic rings. The van der Waals surface area contributed by atoms with E-state index in [4.69, 9.17) is 4.74 Å². The van der Waals surface area contributed by atoms with Crippen LogP contribution in [0.1, 0.15) is 56.9 Å². The molecule has 0 radical (unpaired) electrons. The highest BCUT2D eigenvalue weighted by Crippen LogP contribution is 2.58. The number of carbonyl (C=O) groups is 1. The van der Waals surface area contributed by atoms with Crippen molar-refractivity contribution in [3.63, 3.8) is 0 Å². The van der Waals surface area contributed by atoms with Crippen LogP contribution in [0.2, 0.25) is 0 Å². The lowest BCUT2D eigenvalue weighted by molar-refractivity contribution is -0.123. The highest BCUT2D eigenvalue weighted by atomic mass is 35.5.